The minimum atomic E-state index is -0.858. The van der Waals surface area contributed by atoms with Crippen LogP contribution >= 0.6 is 0 Å². The van der Waals surface area contributed by atoms with Gasteiger partial charge in [-0.25, -0.2) is 0 Å². The fourth-order valence-corrected chi connectivity index (χ4v) is 3.11. The van der Waals surface area contributed by atoms with Gasteiger partial charge in [-0.1, -0.05) is 13.8 Å². The summed E-state index contributed by atoms with van der Waals surface area (Å²) < 4.78 is 11.2. The lowest BCUT2D eigenvalue weighted by Gasteiger charge is -2.29. The Kier molecular flexibility index (Phi) is 4.92. The molecule has 0 radical (unpaired) electrons. The minimum Gasteiger partial charge on any atom is -0.322 e. The lowest BCUT2D eigenvalue weighted by atomic mass is 10.2. The first-order valence-electron chi connectivity index (χ1n) is 5.89. The minimum absolute atomic E-state index is 0.0485. The highest BCUT2D eigenvalue weighted by atomic mass is 32.2. The van der Waals surface area contributed by atoms with Crippen LogP contribution in [-0.2, 0) is 15.6 Å². The Morgan fingerprint density at radius 3 is 2.50 bits per heavy atom. The third-order valence-corrected chi connectivity index (χ3v) is 3.98. The average molecular weight is 246 g/mol. The van der Waals surface area contributed by atoms with Crippen molar-refractivity contribution < 1.29 is 9.00 Å². The molecule has 0 aliphatic carbocycles. The van der Waals surface area contributed by atoms with E-state index in [0.29, 0.717) is 5.75 Å². The number of carbonyl (C=O) groups excluding carboxylic acids is 1. The fourth-order valence-electron chi connectivity index (χ4n) is 2.27. The number of nitrogens with one attached hydrogen (secondary N) is 1. The molecule has 16 heavy (non-hydrogen) atoms. The van der Waals surface area contributed by atoms with Crippen molar-refractivity contribution in [3.63, 3.8) is 0 Å². The molecule has 4 nitrogen and oxygen atoms in total. The molecule has 1 aliphatic heterocycles. The Bertz CT molecular complexity index is 283. The molecular weight excluding hydrogens is 224 g/mol. The Balaban J connectivity index is 2.75. The second-order valence-electron chi connectivity index (χ2n) is 4.39. The molecule has 0 bridgehead atoms. The summed E-state index contributed by atoms with van der Waals surface area (Å²) in [6, 6.07) is -0.00924. The van der Waals surface area contributed by atoms with Crippen LogP contribution in [0.4, 0.5) is 0 Å². The van der Waals surface area contributed by atoms with E-state index in [4.69, 9.17) is 0 Å². The highest BCUT2D eigenvalue weighted by molar-refractivity contribution is 7.84. The Morgan fingerprint density at radius 1 is 1.44 bits per heavy atom. The molecule has 1 rings (SSSR count). The van der Waals surface area contributed by atoms with E-state index in [0.717, 1.165) is 12.8 Å². The maximum Gasteiger partial charge on any atom is 0.241 e. The number of nitrogens with zero attached hydrogens (tertiary/aromatic N) is 1. The molecule has 4 atom stereocenters. The van der Waals surface area contributed by atoms with Gasteiger partial charge in [0, 0.05) is 28.9 Å². The van der Waals surface area contributed by atoms with Crippen LogP contribution in [0.15, 0.2) is 0 Å². The van der Waals surface area contributed by atoms with E-state index in [-0.39, 0.29) is 24.2 Å². The number of hydrogen-bond donors (Lipinski definition) is 1. The van der Waals surface area contributed by atoms with Gasteiger partial charge >= 0.3 is 0 Å². The SMILES string of the molecule is CCC1NC(CC)N(C(C)CS(C)=O)C1=O. The maximum absolute atomic E-state index is 12.1. The van der Waals surface area contributed by atoms with E-state index in [1.54, 1.807) is 6.26 Å². The van der Waals surface area contributed by atoms with Crippen molar-refractivity contribution in [3.8, 4) is 0 Å². The van der Waals surface area contributed by atoms with Crippen LogP contribution in [0, 0.1) is 0 Å². The van der Waals surface area contributed by atoms with E-state index >= 15 is 0 Å². The summed E-state index contributed by atoms with van der Waals surface area (Å²) in [4.78, 5) is 14.0. The summed E-state index contributed by atoms with van der Waals surface area (Å²) in [6.07, 6.45) is 3.50. The van der Waals surface area contributed by atoms with Crippen molar-refractivity contribution in [3.05, 3.63) is 0 Å². The third-order valence-electron chi connectivity index (χ3n) is 3.03. The lowest BCUT2D eigenvalue weighted by Crippen LogP contribution is -2.45. The van der Waals surface area contributed by atoms with Crippen LogP contribution in [0.1, 0.15) is 33.6 Å². The van der Waals surface area contributed by atoms with E-state index in [1.807, 2.05) is 18.7 Å². The maximum atomic E-state index is 12.1. The van der Waals surface area contributed by atoms with Crippen molar-refractivity contribution in [1.82, 2.24) is 10.2 Å². The quantitative estimate of drug-likeness (QED) is 0.777. The van der Waals surface area contributed by atoms with Gasteiger partial charge in [0.1, 0.15) is 0 Å². The largest absolute Gasteiger partial charge is 0.322 e. The molecule has 0 aromatic carbocycles. The summed E-state index contributed by atoms with van der Waals surface area (Å²) in [6.45, 7) is 6.04. The zero-order valence-electron chi connectivity index (χ0n) is 10.5. The Labute approximate surface area is 100 Å². The molecule has 1 fully saturated rings. The molecule has 1 amide bonds. The predicted molar refractivity (Wildman–Crippen MR) is 66.5 cm³/mol. The monoisotopic (exact) mass is 246 g/mol. The standard InChI is InChI=1S/C11H22N2O2S/c1-5-9-11(14)13(10(6-2)12-9)8(3)7-16(4)15/h8-10,12H,5-7H2,1-4H3. The van der Waals surface area contributed by atoms with E-state index < -0.39 is 10.8 Å². The topological polar surface area (TPSA) is 49.4 Å². The van der Waals surface area contributed by atoms with Gasteiger partial charge in [0.05, 0.1) is 12.2 Å². The molecule has 4 unspecified atom stereocenters. The Hall–Kier alpha value is -0.420. The van der Waals surface area contributed by atoms with Crippen LogP contribution < -0.4 is 5.32 Å². The number of carbonyl (C=O) groups is 1. The average Bonchev–Trinajstić information content (AvgIpc) is 2.53. The van der Waals surface area contributed by atoms with Crippen molar-refractivity contribution >= 4 is 16.7 Å². The number of amides is 1. The summed E-state index contributed by atoms with van der Waals surface area (Å²) in [7, 11) is -0.858. The molecule has 1 saturated heterocycles. The van der Waals surface area contributed by atoms with Gasteiger partial charge in [-0.2, -0.15) is 0 Å². The van der Waals surface area contributed by atoms with E-state index in [9.17, 15) is 9.00 Å². The molecule has 1 aliphatic rings. The lowest BCUT2D eigenvalue weighted by molar-refractivity contribution is -0.131. The normalized spacial score (nSPS) is 29.5. The number of hydrogen-bond acceptors (Lipinski definition) is 3. The zero-order valence-corrected chi connectivity index (χ0v) is 11.3. The molecule has 94 valence electrons. The first-order chi connectivity index (χ1) is 7.51. The molecule has 1 heterocycles. The summed E-state index contributed by atoms with van der Waals surface area (Å²) in [5, 5.41) is 3.32. The first-order valence-corrected chi connectivity index (χ1v) is 7.62. The smallest absolute Gasteiger partial charge is 0.241 e. The first kappa shape index (κ1) is 13.6. The van der Waals surface area contributed by atoms with Gasteiger partial charge in [-0.15, -0.1) is 0 Å². The van der Waals surface area contributed by atoms with Gasteiger partial charge < -0.3 is 4.90 Å². The van der Waals surface area contributed by atoms with Crippen LogP contribution in [-0.4, -0.2) is 45.3 Å². The molecule has 0 aromatic heterocycles. The summed E-state index contributed by atoms with van der Waals surface area (Å²) >= 11 is 0. The highest BCUT2D eigenvalue weighted by Gasteiger charge is 2.39. The highest BCUT2D eigenvalue weighted by Crippen LogP contribution is 2.19. The van der Waals surface area contributed by atoms with Crippen molar-refractivity contribution in [2.75, 3.05) is 12.0 Å². The molecular formula is C11H22N2O2S. The number of rotatable bonds is 5. The third kappa shape index (κ3) is 2.83. The molecule has 0 spiro atoms. The fraction of sp³-hybridized carbons (Fsp3) is 0.909. The van der Waals surface area contributed by atoms with Crippen LogP contribution in [0.3, 0.4) is 0 Å². The molecule has 0 saturated carbocycles. The second kappa shape index (κ2) is 5.77. The van der Waals surface area contributed by atoms with Gasteiger partial charge in [0.25, 0.3) is 0 Å². The summed E-state index contributed by atoms with van der Waals surface area (Å²) in [5.41, 5.74) is 0. The van der Waals surface area contributed by atoms with Crippen LogP contribution in [0.25, 0.3) is 0 Å². The van der Waals surface area contributed by atoms with E-state index in [1.165, 1.54) is 0 Å². The van der Waals surface area contributed by atoms with Gasteiger partial charge in [-0.05, 0) is 19.8 Å². The van der Waals surface area contributed by atoms with Crippen molar-refractivity contribution in [2.45, 2.75) is 51.9 Å². The molecule has 5 heteroatoms. The van der Waals surface area contributed by atoms with Crippen LogP contribution in [0.2, 0.25) is 0 Å². The van der Waals surface area contributed by atoms with E-state index in [2.05, 4.69) is 12.2 Å². The zero-order chi connectivity index (χ0) is 12.3. The van der Waals surface area contributed by atoms with Crippen LogP contribution in [0.5, 0.6) is 0 Å². The molecule has 1 N–H and O–H groups in total. The van der Waals surface area contributed by atoms with Gasteiger partial charge in [-0.3, -0.25) is 14.3 Å². The molecule has 0 aromatic rings. The summed E-state index contributed by atoms with van der Waals surface area (Å²) in [5.74, 6) is 0.715. The van der Waals surface area contributed by atoms with Gasteiger partial charge in [0.15, 0.2) is 0 Å². The van der Waals surface area contributed by atoms with Crippen molar-refractivity contribution in [1.29, 1.82) is 0 Å². The predicted octanol–water partition coefficient (Wildman–Crippen LogP) is 0.700. The van der Waals surface area contributed by atoms with Crippen molar-refractivity contribution in [2.24, 2.45) is 0 Å². The van der Waals surface area contributed by atoms with Gasteiger partial charge in [0.2, 0.25) is 5.91 Å². The Morgan fingerprint density at radius 2 is 2.06 bits per heavy atom. The second-order valence-corrected chi connectivity index (χ2v) is 5.87.